The van der Waals surface area contributed by atoms with Crippen LogP contribution in [0.5, 0.6) is 0 Å². The molecule has 0 aliphatic heterocycles. The minimum absolute atomic E-state index is 0.0140. The maximum Gasteiger partial charge on any atom is 0.255 e. The van der Waals surface area contributed by atoms with Crippen LogP contribution in [0.4, 0.5) is 5.69 Å². The topological polar surface area (TPSA) is 54.0 Å². The maximum absolute atomic E-state index is 12.4. The van der Waals surface area contributed by atoms with Gasteiger partial charge in [0.15, 0.2) is 0 Å². The standard InChI is InChI=1S/C16H25N3O/c1-3-14(12-7-5-4-6-8-12)19-16(20)13-11-18-10-9-15(13)17-2/h9-12,14H,3-8H2,1-2H3,(H,17,18)(H,19,20). The Morgan fingerprint density at radius 1 is 1.40 bits per heavy atom. The van der Waals surface area contributed by atoms with Gasteiger partial charge in [-0.25, -0.2) is 0 Å². The van der Waals surface area contributed by atoms with Gasteiger partial charge < -0.3 is 10.6 Å². The number of pyridine rings is 1. The van der Waals surface area contributed by atoms with Crippen LogP contribution >= 0.6 is 0 Å². The molecule has 110 valence electrons. The van der Waals surface area contributed by atoms with Crippen molar-refractivity contribution >= 4 is 11.6 Å². The minimum atomic E-state index is -0.0140. The summed E-state index contributed by atoms with van der Waals surface area (Å²) in [5.41, 5.74) is 1.46. The summed E-state index contributed by atoms with van der Waals surface area (Å²) in [7, 11) is 1.82. The molecule has 0 radical (unpaired) electrons. The molecule has 4 heteroatoms. The lowest BCUT2D eigenvalue weighted by Gasteiger charge is -2.30. The molecule has 0 spiro atoms. The molecule has 1 heterocycles. The zero-order valence-corrected chi connectivity index (χ0v) is 12.5. The van der Waals surface area contributed by atoms with Crippen LogP contribution < -0.4 is 10.6 Å². The number of aromatic nitrogens is 1. The summed E-state index contributed by atoms with van der Waals surface area (Å²) in [5.74, 6) is 0.618. The van der Waals surface area contributed by atoms with Crippen LogP contribution in [-0.2, 0) is 0 Å². The number of nitrogens with one attached hydrogen (secondary N) is 2. The number of hydrogen-bond donors (Lipinski definition) is 2. The fraction of sp³-hybridized carbons (Fsp3) is 0.625. The van der Waals surface area contributed by atoms with Gasteiger partial charge in [-0.15, -0.1) is 0 Å². The Kier molecular flexibility index (Phi) is 5.39. The first kappa shape index (κ1) is 14.8. The normalized spacial score (nSPS) is 17.5. The van der Waals surface area contributed by atoms with Gasteiger partial charge in [0, 0.05) is 31.2 Å². The monoisotopic (exact) mass is 275 g/mol. The van der Waals surface area contributed by atoms with E-state index in [0.29, 0.717) is 11.5 Å². The first-order valence-electron chi connectivity index (χ1n) is 7.69. The van der Waals surface area contributed by atoms with Crippen molar-refractivity contribution in [3.63, 3.8) is 0 Å². The van der Waals surface area contributed by atoms with Crippen LogP contribution in [-0.4, -0.2) is 24.0 Å². The molecule has 1 aliphatic rings. The summed E-state index contributed by atoms with van der Waals surface area (Å²) in [4.78, 5) is 16.5. The molecule has 0 saturated heterocycles. The molecule has 0 bridgehead atoms. The Morgan fingerprint density at radius 2 is 2.15 bits per heavy atom. The molecule has 20 heavy (non-hydrogen) atoms. The summed E-state index contributed by atoms with van der Waals surface area (Å²) >= 11 is 0. The van der Waals surface area contributed by atoms with Crippen molar-refractivity contribution in [3.8, 4) is 0 Å². The highest BCUT2D eigenvalue weighted by atomic mass is 16.1. The molecule has 1 aromatic heterocycles. The fourth-order valence-electron chi connectivity index (χ4n) is 3.13. The SMILES string of the molecule is CCC(NC(=O)c1cnccc1NC)C1CCCCC1. The smallest absolute Gasteiger partial charge is 0.255 e. The summed E-state index contributed by atoms with van der Waals surface area (Å²) in [6, 6.07) is 2.11. The highest BCUT2D eigenvalue weighted by Crippen LogP contribution is 2.28. The molecule has 1 saturated carbocycles. The lowest BCUT2D eigenvalue weighted by Crippen LogP contribution is -2.40. The average molecular weight is 275 g/mol. The number of nitrogens with zero attached hydrogens (tertiary/aromatic N) is 1. The van der Waals surface area contributed by atoms with Crippen LogP contribution in [0, 0.1) is 5.92 Å². The molecule has 2 N–H and O–H groups in total. The van der Waals surface area contributed by atoms with Gasteiger partial charge in [0.25, 0.3) is 5.91 Å². The predicted molar refractivity (Wildman–Crippen MR) is 81.9 cm³/mol. The van der Waals surface area contributed by atoms with Gasteiger partial charge in [-0.3, -0.25) is 9.78 Å². The summed E-state index contributed by atoms with van der Waals surface area (Å²) in [6.45, 7) is 2.15. The Hall–Kier alpha value is -1.58. The summed E-state index contributed by atoms with van der Waals surface area (Å²) in [5, 5.41) is 6.25. The van der Waals surface area contributed by atoms with Crippen molar-refractivity contribution in [1.29, 1.82) is 0 Å². The zero-order chi connectivity index (χ0) is 14.4. The van der Waals surface area contributed by atoms with Crippen LogP contribution in [0.25, 0.3) is 0 Å². The first-order valence-corrected chi connectivity index (χ1v) is 7.69. The van der Waals surface area contributed by atoms with Gasteiger partial charge in [-0.1, -0.05) is 26.2 Å². The van der Waals surface area contributed by atoms with E-state index >= 15 is 0 Å². The molecule has 1 aliphatic carbocycles. The number of carbonyl (C=O) groups excluding carboxylic acids is 1. The third-order valence-corrected chi connectivity index (χ3v) is 4.31. The van der Waals surface area contributed by atoms with E-state index in [1.807, 2.05) is 13.1 Å². The van der Waals surface area contributed by atoms with E-state index in [9.17, 15) is 4.79 Å². The van der Waals surface area contributed by atoms with E-state index in [1.165, 1.54) is 32.1 Å². The van der Waals surface area contributed by atoms with Crippen molar-refractivity contribution in [3.05, 3.63) is 24.0 Å². The molecule has 1 unspecified atom stereocenters. The van der Waals surface area contributed by atoms with Crippen LogP contribution in [0.2, 0.25) is 0 Å². The number of hydrogen-bond acceptors (Lipinski definition) is 3. The van der Waals surface area contributed by atoms with E-state index < -0.39 is 0 Å². The largest absolute Gasteiger partial charge is 0.387 e. The fourth-order valence-corrected chi connectivity index (χ4v) is 3.13. The lowest BCUT2D eigenvalue weighted by molar-refractivity contribution is 0.0911. The van der Waals surface area contributed by atoms with E-state index in [0.717, 1.165) is 12.1 Å². The lowest BCUT2D eigenvalue weighted by atomic mass is 9.83. The molecule has 2 rings (SSSR count). The summed E-state index contributed by atoms with van der Waals surface area (Å²) < 4.78 is 0. The predicted octanol–water partition coefficient (Wildman–Crippen LogP) is 3.21. The Balaban J connectivity index is 2.04. The van der Waals surface area contributed by atoms with E-state index in [1.54, 1.807) is 12.4 Å². The van der Waals surface area contributed by atoms with Gasteiger partial charge in [0.1, 0.15) is 0 Å². The maximum atomic E-state index is 12.4. The van der Waals surface area contributed by atoms with Gasteiger partial charge in [-0.05, 0) is 31.2 Å². The van der Waals surface area contributed by atoms with Gasteiger partial charge in [-0.2, -0.15) is 0 Å². The van der Waals surface area contributed by atoms with Crippen molar-refractivity contribution < 1.29 is 4.79 Å². The van der Waals surface area contributed by atoms with Crippen LogP contribution in [0.3, 0.4) is 0 Å². The van der Waals surface area contributed by atoms with E-state index in [2.05, 4.69) is 22.5 Å². The summed E-state index contributed by atoms with van der Waals surface area (Å²) in [6.07, 6.45) is 10.7. The molecule has 1 amide bonds. The third kappa shape index (κ3) is 3.50. The van der Waals surface area contributed by atoms with Gasteiger partial charge in [0.05, 0.1) is 5.56 Å². The second kappa shape index (κ2) is 7.27. The number of anilines is 1. The molecule has 1 atom stereocenters. The zero-order valence-electron chi connectivity index (χ0n) is 12.5. The average Bonchev–Trinajstić information content (AvgIpc) is 2.53. The van der Waals surface area contributed by atoms with Gasteiger partial charge in [0.2, 0.25) is 0 Å². The van der Waals surface area contributed by atoms with Crippen molar-refractivity contribution in [1.82, 2.24) is 10.3 Å². The van der Waals surface area contributed by atoms with Crippen LogP contribution in [0.15, 0.2) is 18.5 Å². The van der Waals surface area contributed by atoms with Gasteiger partial charge >= 0.3 is 0 Å². The quantitative estimate of drug-likeness (QED) is 0.867. The van der Waals surface area contributed by atoms with Crippen molar-refractivity contribution in [2.45, 2.75) is 51.5 Å². The Labute approximate surface area is 121 Å². The molecular weight excluding hydrogens is 250 g/mol. The van der Waals surface area contributed by atoms with E-state index in [4.69, 9.17) is 0 Å². The molecule has 0 aromatic carbocycles. The van der Waals surface area contributed by atoms with Crippen LogP contribution in [0.1, 0.15) is 55.8 Å². The molecule has 4 nitrogen and oxygen atoms in total. The van der Waals surface area contributed by atoms with Crippen molar-refractivity contribution in [2.24, 2.45) is 5.92 Å². The second-order valence-corrected chi connectivity index (χ2v) is 5.56. The van der Waals surface area contributed by atoms with Crippen molar-refractivity contribution in [2.75, 3.05) is 12.4 Å². The highest BCUT2D eigenvalue weighted by Gasteiger charge is 2.24. The van der Waals surface area contributed by atoms with E-state index in [-0.39, 0.29) is 11.9 Å². The minimum Gasteiger partial charge on any atom is -0.387 e. The highest BCUT2D eigenvalue weighted by molar-refractivity contribution is 5.99. The Morgan fingerprint density at radius 3 is 2.80 bits per heavy atom. The third-order valence-electron chi connectivity index (χ3n) is 4.31. The second-order valence-electron chi connectivity index (χ2n) is 5.56. The molecule has 1 fully saturated rings. The molecular formula is C16H25N3O. The first-order chi connectivity index (χ1) is 9.76. The number of amides is 1. The Bertz CT molecular complexity index is 441. The number of rotatable bonds is 5. The molecule has 1 aromatic rings. The number of carbonyl (C=O) groups is 1.